The van der Waals surface area contributed by atoms with Gasteiger partial charge in [0, 0.05) is 33.2 Å². The van der Waals surface area contributed by atoms with E-state index in [0.29, 0.717) is 0 Å². The summed E-state index contributed by atoms with van der Waals surface area (Å²) in [7, 11) is 1.90. The topological polar surface area (TPSA) is 58.9 Å². The number of aryl methyl sites for hydroxylation is 1. The van der Waals surface area contributed by atoms with Gasteiger partial charge in [-0.3, -0.25) is 4.68 Å². The number of hydrogen-bond acceptors (Lipinski definition) is 5. The number of anilines is 1. The Hall–Kier alpha value is -1.69. The average Bonchev–Trinajstić information content (AvgIpc) is 2.81. The van der Waals surface area contributed by atoms with Crippen LogP contribution in [0.15, 0.2) is 12.5 Å². The van der Waals surface area contributed by atoms with E-state index in [-0.39, 0.29) is 0 Å². The number of piperidine rings is 1. The molecule has 0 amide bonds. The maximum atomic E-state index is 4.34. The summed E-state index contributed by atoms with van der Waals surface area (Å²) < 4.78 is 1.77. The van der Waals surface area contributed by atoms with Crippen molar-refractivity contribution in [1.29, 1.82) is 0 Å². The Morgan fingerprint density at radius 2 is 2.00 bits per heavy atom. The van der Waals surface area contributed by atoms with Gasteiger partial charge < -0.3 is 10.2 Å². The summed E-state index contributed by atoms with van der Waals surface area (Å²) in [4.78, 5) is 11.1. The lowest BCUT2D eigenvalue weighted by Gasteiger charge is -2.34. The number of aromatic nitrogens is 4. The Labute approximate surface area is 125 Å². The summed E-state index contributed by atoms with van der Waals surface area (Å²) in [6.07, 6.45) is 4.77. The molecule has 0 bridgehead atoms. The molecule has 1 saturated heterocycles. The van der Waals surface area contributed by atoms with E-state index in [1.54, 1.807) is 11.0 Å². The van der Waals surface area contributed by atoms with Gasteiger partial charge in [0.05, 0.1) is 11.6 Å². The summed E-state index contributed by atoms with van der Waals surface area (Å²) in [5.41, 5.74) is 0.868. The molecule has 6 nitrogen and oxygen atoms in total. The van der Waals surface area contributed by atoms with Crippen LogP contribution in [-0.2, 0) is 7.05 Å². The first-order valence-corrected chi connectivity index (χ1v) is 7.72. The molecule has 1 N–H and O–H groups in total. The zero-order valence-electron chi connectivity index (χ0n) is 13.1. The summed E-state index contributed by atoms with van der Waals surface area (Å²) in [6.45, 7) is 9.07. The van der Waals surface area contributed by atoms with E-state index >= 15 is 0 Å². The van der Waals surface area contributed by atoms with E-state index in [2.05, 4.69) is 39.1 Å². The minimum absolute atomic E-state index is 0.804. The number of hydrogen-bond donors (Lipinski definition) is 1. The Kier molecular flexibility index (Phi) is 4.05. The highest BCUT2D eigenvalue weighted by molar-refractivity contribution is 5.85. The van der Waals surface area contributed by atoms with Gasteiger partial charge in [-0.1, -0.05) is 13.8 Å². The van der Waals surface area contributed by atoms with Crippen LogP contribution in [0.1, 0.15) is 20.3 Å². The van der Waals surface area contributed by atoms with Crippen molar-refractivity contribution in [3.63, 3.8) is 0 Å². The lowest BCUT2D eigenvalue weighted by molar-refractivity contribution is 0.146. The highest BCUT2D eigenvalue weighted by Gasteiger charge is 2.21. The molecule has 114 valence electrons. The fourth-order valence-electron chi connectivity index (χ4n) is 3.41. The van der Waals surface area contributed by atoms with E-state index in [1.165, 1.54) is 19.5 Å². The molecular weight excluding hydrogens is 264 g/mol. The lowest BCUT2D eigenvalue weighted by Crippen LogP contribution is -2.41. The maximum absolute atomic E-state index is 4.34. The maximum Gasteiger partial charge on any atom is 0.163 e. The smallest absolute Gasteiger partial charge is 0.163 e. The zero-order chi connectivity index (χ0) is 14.8. The quantitative estimate of drug-likeness (QED) is 0.929. The van der Waals surface area contributed by atoms with Gasteiger partial charge >= 0.3 is 0 Å². The van der Waals surface area contributed by atoms with Crippen molar-refractivity contribution in [2.24, 2.45) is 18.9 Å². The van der Waals surface area contributed by atoms with Crippen molar-refractivity contribution in [3.8, 4) is 0 Å². The molecule has 1 aliphatic heterocycles. The Morgan fingerprint density at radius 1 is 1.24 bits per heavy atom. The summed E-state index contributed by atoms with van der Waals surface area (Å²) in [6, 6.07) is 0. The molecular formula is C15H24N6. The molecule has 0 spiro atoms. The van der Waals surface area contributed by atoms with E-state index in [1.807, 2.05) is 13.2 Å². The van der Waals surface area contributed by atoms with Crippen LogP contribution >= 0.6 is 0 Å². The fourth-order valence-corrected chi connectivity index (χ4v) is 3.41. The van der Waals surface area contributed by atoms with Crippen LogP contribution in [0.25, 0.3) is 11.0 Å². The van der Waals surface area contributed by atoms with Gasteiger partial charge in [-0.05, 0) is 18.3 Å². The second kappa shape index (κ2) is 5.97. The molecule has 3 heterocycles. The highest BCUT2D eigenvalue weighted by atomic mass is 15.3. The first kappa shape index (κ1) is 14.3. The van der Waals surface area contributed by atoms with Gasteiger partial charge in [0.15, 0.2) is 5.65 Å². The van der Waals surface area contributed by atoms with Crippen molar-refractivity contribution in [3.05, 3.63) is 12.5 Å². The van der Waals surface area contributed by atoms with Crippen molar-refractivity contribution >= 4 is 16.9 Å². The molecule has 0 aliphatic carbocycles. The third kappa shape index (κ3) is 3.15. The standard InChI is InChI=1S/C15H24N6/c1-11-6-12(2)9-21(8-11)5-4-16-14-13-7-19-20(3)15(13)18-10-17-14/h7,10-12H,4-6,8-9H2,1-3H3,(H,16,17,18)/t11-,12-/m0/s1. The Morgan fingerprint density at radius 3 is 2.76 bits per heavy atom. The van der Waals surface area contributed by atoms with Crippen LogP contribution in [0.5, 0.6) is 0 Å². The number of nitrogens with one attached hydrogen (secondary N) is 1. The molecule has 6 heteroatoms. The van der Waals surface area contributed by atoms with Gasteiger partial charge in [0.1, 0.15) is 12.1 Å². The van der Waals surface area contributed by atoms with Gasteiger partial charge in [-0.2, -0.15) is 5.10 Å². The van der Waals surface area contributed by atoms with Gasteiger partial charge in [0.25, 0.3) is 0 Å². The minimum atomic E-state index is 0.804. The van der Waals surface area contributed by atoms with E-state index < -0.39 is 0 Å². The molecule has 0 saturated carbocycles. The summed E-state index contributed by atoms with van der Waals surface area (Å²) >= 11 is 0. The average molecular weight is 288 g/mol. The molecule has 2 atom stereocenters. The minimum Gasteiger partial charge on any atom is -0.368 e. The second-order valence-corrected chi connectivity index (χ2v) is 6.36. The van der Waals surface area contributed by atoms with E-state index in [0.717, 1.165) is 41.8 Å². The summed E-state index contributed by atoms with van der Waals surface area (Å²) in [5, 5.41) is 8.66. The van der Waals surface area contributed by atoms with Crippen molar-refractivity contribution in [1.82, 2.24) is 24.6 Å². The number of likely N-dealkylation sites (tertiary alicyclic amines) is 1. The summed E-state index contributed by atoms with van der Waals surface area (Å²) in [5.74, 6) is 2.49. The van der Waals surface area contributed by atoms with Crippen molar-refractivity contribution in [2.75, 3.05) is 31.5 Å². The number of fused-ring (bicyclic) bond motifs is 1. The van der Waals surface area contributed by atoms with Gasteiger partial charge in [-0.15, -0.1) is 0 Å². The van der Waals surface area contributed by atoms with Crippen LogP contribution in [0, 0.1) is 11.8 Å². The molecule has 2 aromatic heterocycles. The molecule has 0 unspecified atom stereocenters. The van der Waals surface area contributed by atoms with Crippen LogP contribution < -0.4 is 5.32 Å². The Bertz CT molecular complexity index is 597. The Balaban J connectivity index is 1.59. The van der Waals surface area contributed by atoms with Crippen LogP contribution in [0.4, 0.5) is 5.82 Å². The van der Waals surface area contributed by atoms with Crippen LogP contribution in [0.3, 0.4) is 0 Å². The largest absolute Gasteiger partial charge is 0.368 e. The number of nitrogens with zero attached hydrogens (tertiary/aromatic N) is 5. The van der Waals surface area contributed by atoms with Crippen molar-refractivity contribution < 1.29 is 0 Å². The number of rotatable bonds is 4. The van der Waals surface area contributed by atoms with Gasteiger partial charge in [0.2, 0.25) is 0 Å². The first-order chi connectivity index (χ1) is 10.1. The van der Waals surface area contributed by atoms with Crippen LogP contribution in [-0.4, -0.2) is 50.8 Å². The molecule has 2 aromatic rings. The first-order valence-electron chi connectivity index (χ1n) is 7.72. The molecule has 1 aliphatic rings. The highest BCUT2D eigenvalue weighted by Crippen LogP contribution is 2.21. The molecule has 0 radical (unpaired) electrons. The zero-order valence-corrected chi connectivity index (χ0v) is 13.1. The lowest BCUT2D eigenvalue weighted by atomic mass is 9.92. The molecule has 3 rings (SSSR count). The van der Waals surface area contributed by atoms with Crippen LogP contribution in [0.2, 0.25) is 0 Å². The molecule has 0 aromatic carbocycles. The predicted octanol–water partition coefficient (Wildman–Crippen LogP) is 1.75. The predicted molar refractivity (Wildman–Crippen MR) is 84.2 cm³/mol. The monoisotopic (exact) mass is 288 g/mol. The normalized spacial score (nSPS) is 23.6. The van der Waals surface area contributed by atoms with Gasteiger partial charge in [-0.25, -0.2) is 9.97 Å². The van der Waals surface area contributed by atoms with E-state index in [4.69, 9.17) is 0 Å². The second-order valence-electron chi connectivity index (χ2n) is 6.36. The third-order valence-corrected chi connectivity index (χ3v) is 4.19. The molecule has 21 heavy (non-hydrogen) atoms. The SMILES string of the molecule is C[C@H]1C[C@H](C)CN(CCNc2ncnc3c2cnn3C)C1. The fraction of sp³-hybridized carbons (Fsp3) is 0.667. The van der Waals surface area contributed by atoms with Crippen molar-refractivity contribution in [2.45, 2.75) is 20.3 Å². The molecule has 1 fully saturated rings. The third-order valence-electron chi connectivity index (χ3n) is 4.19. The van der Waals surface area contributed by atoms with E-state index in [9.17, 15) is 0 Å².